The van der Waals surface area contributed by atoms with Gasteiger partial charge in [-0.25, -0.2) is 8.42 Å². The van der Waals surface area contributed by atoms with Gasteiger partial charge in [0.2, 0.25) is 5.91 Å². The Bertz CT molecular complexity index is 1240. The van der Waals surface area contributed by atoms with Crippen molar-refractivity contribution in [1.82, 2.24) is 5.32 Å². The Morgan fingerprint density at radius 2 is 1.64 bits per heavy atom. The molecule has 0 saturated carbocycles. The number of amides is 2. The van der Waals surface area contributed by atoms with Crippen LogP contribution in [0.2, 0.25) is 0 Å². The van der Waals surface area contributed by atoms with Gasteiger partial charge in [-0.3, -0.25) is 13.9 Å². The number of carbonyl (C=O) groups is 2. The molecule has 1 aliphatic heterocycles. The van der Waals surface area contributed by atoms with Crippen molar-refractivity contribution in [3.8, 4) is 0 Å². The summed E-state index contributed by atoms with van der Waals surface area (Å²) in [4.78, 5) is 26.3. The van der Waals surface area contributed by atoms with Crippen molar-refractivity contribution >= 4 is 33.2 Å². The normalized spacial score (nSPS) is 13.7. The summed E-state index contributed by atoms with van der Waals surface area (Å²) in [7, 11) is -2.24. The van der Waals surface area contributed by atoms with Crippen LogP contribution in [-0.4, -0.2) is 33.8 Å². The van der Waals surface area contributed by atoms with Gasteiger partial charge in [-0.15, -0.1) is 0 Å². The maximum Gasteiger partial charge on any atom is 0.264 e. The van der Waals surface area contributed by atoms with Gasteiger partial charge in [0, 0.05) is 37.8 Å². The van der Waals surface area contributed by atoms with Crippen molar-refractivity contribution in [2.24, 2.45) is 0 Å². The summed E-state index contributed by atoms with van der Waals surface area (Å²) in [5.41, 5.74) is 2.70. The number of hydrogen-bond acceptors (Lipinski definition) is 4. The van der Waals surface area contributed by atoms with Gasteiger partial charge in [-0.2, -0.15) is 0 Å². The van der Waals surface area contributed by atoms with E-state index in [1.54, 1.807) is 29.2 Å². The van der Waals surface area contributed by atoms with Crippen LogP contribution in [0.25, 0.3) is 0 Å². The lowest BCUT2D eigenvalue weighted by atomic mass is 10.1. The highest BCUT2D eigenvalue weighted by atomic mass is 32.2. The first-order valence-corrected chi connectivity index (χ1v) is 12.1. The van der Waals surface area contributed by atoms with E-state index in [-0.39, 0.29) is 16.7 Å². The molecule has 3 aromatic rings. The largest absolute Gasteiger partial charge is 0.348 e. The number of para-hydroxylation sites is 1. The summed E-state index contributed by atoms with van der Waals surface area (Å²) in [6.07, 6.45) is 1.46. The third-order valence-corrected chi connectivity index (χ3v) is 7.47. The summed E-state index contributed by atoms with van der Waals surface area (Å²) >= 11 is 0. The molecular weight excluding hydrogens is 438 g/mol. The van der Waals surface area contributed by atoms with Gasteiger partial charge in [-0.05, 0) is 60.5 Å². The van der Waals surface area contributed by atoms with Crippen molar-refractivity contribution in [3.63, 3.8) is 0 Å². The predicted octanol–water partition coefficient (Wildman–Crippen LogP) is 3.57. The molecule has 1 saturated heterocycles. The molecule has 4 rings (SSSR count). The highest BCUT2D eigenvalue weighted by Crippen LogP contribution is 2.23. The van der Waals surface area contributed by atoms with Crippen LogP contribution in [-0.2, 0) is 21.4 Å². The van der Waals surface area contributed by atoms with Crippen molar-refractivity contribution < 1.29 is 18.0 Å². The van der Waals surface area contributed by atoms with Crippen molar-refractivity contribution in [1.29, 1.82) is 0 Å². The van der Waals surface area contributed by atoms with Gasteiger partial charge in [0.25, 0.3) is 15.9 Å². The molecule has 33 heavy (non-hydrogen) atoms. The van der Waals surface area contributed by atoms with Crippen LogP contribution in [0.15, 0.2) is 83.8 Å². The number of nitrogens with one attached hydrogen (secondary N) is 1. The SMILES string of the molecule is CN(c1ccccc1)S(=O)(=O)c1ccc(C(=O)NCc2ccc(N3CCCC3=O)cc2)cc1. The Morgan fingerprint density at radius 1 is 0.970 bits per heavy atom. The standard InChI is InChI=1S/C25H25N3O4S/c1-27(21-6-3-2-4-7-21)33(31,32)23-15-11-20(12-16-23)25(30)26-18-19-9-13-22(14-10-19)28-17-5-8-24(28)29/h2-4,6-7,9-16H,5,8,17-18H2,1H3,(H,26,30). The Morgan fingerprint density at radius 3 is 2.24 bits per heavy atom. The van der Waals surface area contributed by atoms with Gasteiger partial charge >= 0.3 is 0 Å². The van der Waals surface area contributed by atoms with E-state index >= 15 is 0 Å². The predicted molar refractivity (Wildman–Crippen MR) is 128 cm³/mol. The van der Waals surface area contributed by atoms with E-state index < -0.39 is 10.0 Å². The number of rotatable bonds is 7. The smallest absolute Gasteiger partial charge is 0.264 e. The second kappa shape index (κ2) is 9.46. The molecule has 2 amide bonds. The topological polar surface area (TPSA) is 86.8 Å². The van der Waals surface area contributed by atoms with Crippen LogP contribution in [0.1, 0.15) is 28.8 Å². The lowest BCUT2D eigenvalue weighted by Gasteiger charge is -2.19. The summed E-state index contributed by atoms with van der Waals surface area (Å²) < 4.78 is 26.9. The molecule has 0 atom stereocenters. The minimum absolute atomic E-state index is 0.109. The summed E-state index contributed by atoms with van der Waals surface area (Å²) in [6, 6.07) is 22.2. The molecule has 0 aromatic heterocycles. The average molecular weight is 464 g/mol. The first kappa shape index (κ1) is 22.5. The minimum Gasteiger partial charge on any atom is -0.348 e. The van der Waals surface area contributed by atoms with Crippen molar-refractivity contribution in [2.75, 3.05) is 22.8 Å². The molecule has 0 aliphatic carbocycles. The maximum absolute atomic E-state index is 12.9. The number of hydrogen-bond donors (Lipinski definition) is 1. The van der Waals surface area contributed by atoms with Gasteiger partial charge < -0.3 is 10.2 Å². The van der Waals surface area contributed by atoms with E-state index in [0.29, 0.717) is 24.2 Å². The first-order chi connectivity index (χ1) is 15.9. The molecule has 0 radical (unpaired) electrons. The molecule has 1 fully saturated rings. The Kier molecular flexibility index (Phi) is 6.46. The zero-order valence-corrected chi connectivity index (χ0v) is 19.1. The average Bonchev–Trinajstić information content (AvgIpc) is 3.28. The lowest BCUT2D eigenvalue weighted by molar-refractivity contribution is -0.117. The highest BCUT2D eigenvalue weighted by Gasteiger charge is 2.22. The van der Waals surface area contributed by atoms with Gasteiger partial charge in [0.05, 0.1) is 10.6 Å². The molecule has 0 bridgehead atoms. The van der Waals surface area contributed by atoms with E-state index in [1.807, 2.05) is 30.3 Å². The van der Waals surface area contributed by atoms with Gasteiger partial charge in [0.1, 0.15) is 0 Å². The summed E-state index contributed by atoms with van der Waals surface area (Å²) in [6.45, 7) is 1.06. The fraction of sp³-hybridized carbons (Fsp3) is 0.200. The van der Waals surface area contributed by atoms with Crippen LogP contribution >= 0.6 is 0 Å². The molecule has 1 heterocycles. The highest BCUT2D eigenvalue weighted by molar-refractivity contribution is 7.92. The van der Waals surface area contributed by atoms with Crippen LogP contribution in [0.4, 0.5) is 11.4 Å². The van der Waals surface area contributed by atoms with Crippen LogP contribution in [0.5, 0.6) is 0 Å². The quantitative estimate of drug-likeness (QED) is 0.580. The third-order valence-electron chi connectivity index (χ3n) is 5.67. The van der Waals surface area contributed by atoms with Crippen molar-refractivity contribution in [2.45, 2.75) is 24.3 Å². The number of sulfonamides is 1. The number of carbonyl (C=O) groups excluding carboxylic acids is 2. The molecule has 8 heteroatoms. The van der Waals surface area contributed by atoms with Gasteiger partial charge in [0.15, 0.2) is 0 Å². The lowest BCUT2D eigenvalue weighted by Crippen LogP contribution is -2.27. The van der Waals surface area contributed by atoms with E-state index in [9.17, 15) is 18.0 Å². The second-order valence-corrected chi connectivity index (χ2v) is 9.80. The van der Waals surface area contributed by atoms with E-state index in [2.05, 4.69) is 5.32 Å². The summed E-state index contributed by atoms with van der Waals surface area (Å²) in [5, 5.41) is 2.84. The fourth-order valence-electron chi connectivity index (χ4n) is 3.71. The molecule has 1 aliphatic rings. The van der Waals surface area contributed by atoms with Crippen LogP contribution in [0, 0.1) is 0 Å². The van der Waals surface area contributed by atoms with Crippen LogP contribution < -0.4 is 14.5 Å². The Balaban J connectivity index is 1.38. The molecule has 0 unspecified atom stereocenters. The summed E-state index contributed by atoms with van der Waals surface area (Å²) in [5.74, 6) is -0.161. The zero-order valence-electron chi connectivity index (χ0n) is 18.3. The van der Waals surface area contributed by atoms with E-state index in [0.717, 1.165) is 24.2 Å². The Labute approximate surface area is 193 Å². The molecule has 3 aromatic carbocycles. The fourth-order valence-corrected chi connectivity index (χ4v) is 4.91. The van der Waals surface area contributed by atoms with E-state index in [4.69, 9.17) is 0 Å². The molecule has 170 valence electrons. The minimum atomic E-state index is -3.73. The molecule has 0 spiro atoms. The number of benzene rings is 3. The molecular formula is C25H25N3O4S. The monoisotopic (exact) mass is 463 g/mol. The number of anilines is 2. The maximum atomic E-state index is 12.9. The molecule has 1 N–H and O–H groups in total. The van der Waals surface area contributed by atoms with Gasteiger partial charge in [-0.1, -0.05) is 30.3 Å². The number of nitrogens with zero attached hydrogens (tertiary/aromatic N) is 2. The second-order valence-electron chi connectivity index (χ2n) is 7.83. The zero-order chi connectivity index (χ0) is 23.4. The Hall–Kier alpha value is -3.65. The third kappa shape index (κ3) is 4.90. The first-order valence-electron chi connectivity index (χ1n) is 10.7. The van der Waals surface area contributed by atoms with Crippen LogP contribution in [0.3, 0.4) is 0 Å². The van der Waals surface area contributed by atoms with Crippen molar-refractivity contribution in [3.05, 3.63) is 90.0 Å². The van der Waals surface area contributed by atoms with E-state index in [1.165, 1.54) is 35.6 Å². The molecule has 7 nitrogen and oxygen atoms in total.